The molecule has 6 rings (SSSR count). The number of fused-ring (bicyclic) bond motifs is 6. The van der Waals surface area contributed by atoms with E-state index in [2.05, 4.69) is 105 Å². The first-order valence-corrected chi connectivity index (χ1v) is 17.5. The van der Waals surface area contributed by atoms with Crippen LogP contribution in [0.15, 0.2) is 84.9 Å². The third kappa shape index (κ3) is 8.14. The fourth-order valence-corrected chi connectivity index (χ4v) is 6.94. The van der Waals surface area contributed by atoms with Gasteiger partial charge >= 0.3 is 0 Å². The second-order valence-electron chi connectivity index (χ2n) is 14.2. The molecule has 6 aromatic rings. The van der Waals surface area contributed by atoms with Gasteiger partial charge in [0.25, 0.3) is 0 Å². The molecule has 0 fully saturated rings. The molecule has 2 aromatic heterocycles. The first-order valence-electron chi connectivity index (χ1n) is 17.5. The minimum absolute atomic E-state index is 0. The Morgan fingerprint density at radius 2 is 1.47 bits per heavy atom. The summed E-state index contributed by atoms with van der Waals surface area (Å²) in [5, 5.41) is 17.0. The van der Waals surface area contributed by atoms with Crippen LogP contribution in [0.1, 0.15) is 79.7 Å². The van der Waals surface area contributed by atoms with Gasteiger partial charge in [0.1, 0.15) is 12.0 Å². The van der Waals surface area contributed by atoms with Gasteiger partial charge in [-0.15, -0.1) is 29.1 Å². The molecule has 1 N–H and O–H groups in total. The Labute approximate surface area is 305 Å². The number of ketones is 1. The Morgan fingerprint density at radius 1 is 0.857 bits per heavy atom. The van der Waals surface area contributed by atoms with Gasteiger partial charge in [-0.1, -0.05) is 102 Å². The molecule has 259 valence electrons. The normalized spacial score (nSPS) is 12.2. The van der Waals surface area contributed by atoms with Crippen LogP contribution < -0.4 is 0 Å². The van der Waals surface area contributed by atoms with E-state index < -0.39 is 0 Å². The van der Waals surface area contributed by atoms with E-state index in [0.29, 0.717) is 0 Å². The molecule has 0 saturated heterocycles. The quantitative estimate of drug-likeness (QED) is 0.0895. The number of hydrogen-bond acceptors (Lipinski definition) is 4. The number of aryl methyl sites for hydroxylation is 1. The molecule has 0 aliphatic carbocycles. The van der Waals surface area contributed by atoms with E-state index in [0.717, 1.165) is 54.4 Å². The predicted molar refractivity (Wildman–Crippen MR) is 202 cm³/mol. The summed E-state index contributed by atoms with van der Waals surface area (Å²) < 4.78 is 2.22. The summed E-state index contributed by atoms with van der Waals surface area (Å²) in [6.07, 6.45) is 7.59. The van der Waals surface area contributed by atoms with Crippen molar-refractivity contribution >= 4 is 49.3 Å². The molecule has 5 nitrogen and oxygen atoms in total. The Morgan fingerprint density at radius 3 is 2.10 bits per heavy atom. The number of aliphatic hydroxyl groups excluding tert-OH is 1. The standard InChI is InChI=1S/C30H26N3.C13H24O2.Ir/c1-30(2,3)17-22-16-25-26-27(21-14-13-19-9-5-6-10-20(19)15-21)31-18-32-29(26)33(4)28(25)24-12-8-7-11-23(22)24;1-5-10(6-2)12(14)9-13(15)11(7-3)8-4;/h5-13,15-16,18H,17H2,1-4H3;9-11,14H,5-8H2,1-4H3;/q-1;;/b;12-9-;. The second kappa shape index (κ2) is 16.2. The molecule has 0 aliphatic heterocycles. The molecule has 0 aliphatic rings. The number of allylic oxidation sites excluding steroid dienone is 2. The van der Waals surface area contributed by atoms with E-state index in [-0.39, 0.29) is 48.9 Å². The summed E-state index contributed by atoms with van der Waals surface area (Å²) in [4.78, 5) is 21.2. The smallest absolute Gasteiger partial charge is 0.162 e. The Bertz CT molecular complexity index is 2100. The fraction of sp³-hybridized carbons (Fsp3) is 0.372. The van der Waals surface area contributed by atoms with Crippen molar-refractivity contribution in [3.8, 4) is 11.3 Å². The van der Waals surface area contributed by atoms with Crippen LogP contribution in [0.3, 0.4) is 0 Å². The number of aliphatic hydroxyl groups is 1. The summed E-state index contributed by atoms with van der Waals surface area (Å²) in [5.74, 6) is 0.547. The average Bonchev–Trinajstić information content (AvgIpc) is 3.36. The van der Waals surface area contributed by atoms with Crippen molar-refractivity contribution in [3.63, 3.8) is 0 Å². The van der Waals surface area contributed by atoms with E-state index >= 15 is 0 Å². The SMILES string of the molecule is CCC(CC)C(=O)/C=C(\O)C(CC)CC.Cn1c2ncnc(-c3[c-]cc4ccccc4c3)c2c2cc(CC(C)(C)C)c3ccccc3c21.[Ir]. The van der Waals surface area contributed by atoms with Crippen LogP contribution in [0, 0.1) is 23.3 Å². The maximum atomic E-state index is 11.7. The van der Waals surface area contributed by atoms with Gasteiger partial charge in [-0.25, -0.2) is 4.98 Å². The predicted octanol–water partition coefficient (Wildman–Crippen LogP) is 11.4. The monoisotopic (exact) mass is 833 g/mol. The van der Waals surface area contributed by atoms with E-state index in [9.17, 15) is 9.90 Å². The summed E-state index contributed by atoms with van der Waals surface area (Å²) >= 11 is 0. The van der Waals surface area contributed by atoms with Crippen LogP contribution >= 0.6 is 0 Å². The molecule has 0 amide bonds. The molecular formula is C43H50IrN3O2-. The number of carbonyl (C=O) groups is 1. The van der Waals surface area contributed by atoms with Crippen LogP contribution in [-0.2, 0) is 38.4 Å². The van der Waals surface area contributed by atoms with Crippen LogP contribution in [-0.4, -0.2) is 25.4 Å². The number of hydrogen-bond donors (Lipinski definition) is 1. The Balaban J connectivity index is 0.000000290. The molecule has 49 heavy (non-hydrogen) atoms. The van der Waals surface area contributed by atoms with Crippen LogP contribution in [0.4, 0.5) is 0 Å². The molecule has 0 unspecified atom stereocenters. The fourth-order valence-electron chi connectivity index (χ4n) is 6.94. The van der Waals surface area contributed by atoms with Gasteiger partial charge in [-0.05, 0) is 54.5 Å². The third-order valence-corrected chi connectivity index (χ3v) is 9.59. The van der Waals surface area contributed by atoms with E-state index in [4.69, 9.17) is 9.97 Å². The topological polar surface area (TPSA) is 68.0 Å². The summed E-state index contributed by atoms with van der Waals surface area (Å²) in [6, 6.07) is 27.2. The minimum Gasteiger partial charge on any atom is -0.512 e. The molecule has 0 spiro atoms. The van der Waals surface area contributed by atoms with Crippen molar-refractivity contribution < 1.29 is 30.0 Å². The van der Waals surface area contributed by atoms with Crippen molar-refractivity contribution in [2.45, 2.75) is 80.6 Å². The van der Waals surface area contributed by atoms with Crippen molar-refractivity contribution in [1.82, 2.24) is 14.5 Å². The molecule has 0 saturated carbocycles. The molecule has 2 heterocycles. The number of nitrogens with zero attached hydrogens (tertiary/aromatic N) is 3. The van der Waals surface area contributed by atoms with Crippen molar-refractivity contribution in [1.29, 1.82) is 0 Å². The summed E-state index contributed by atoms with van der Waals surface area (Å²) in [5.41, 5.74) is 5.66. The average molecular weight is 833 g/mol. The van der Waals surface area contributed by atoms with E-state index in [1.165, 1.54) is 44.1 Å². The van der Waals surface area contributed by atoms with Crippen LogP contribution in [0.5, 0.6) is 0 Å². The third-order valence-electron chi connectivity index (χ3n) is 9.59. The van der Waals surface area contributed by atoms with Crippen molar-refractivity contribution in [3.05, 3.63) is 96.5 Å². The first kappa shape index (κ1) is 37.9. The number of benzene rings is 4. The zero-order valence-corrected chi connectivity index (χ0v) is 32.6. The van der Waals surface area contributed by atoms with Gasteiger partial charge in [0, 0.05) is 66.9 Å². The van der Waals surface area contributed by atoms with Crippen molar-refractivity contribution in [2.75, 3.05) is 0 Å². The largest absolute Gasteiger partial charge is 0.512 e. The van der Waals surface area contributed by atoms with E-state index in [1.807, 2.05) is 27.7 Å². The maximum Gasteiger partial charge on any atom is 0.162 e. The molecule has 6 heteroatoms. The van der Waals surface area contributed by atoms with Gasteiger partial charge in [0.15, 0.2) is 5.78 Å². The summed E-state index contributed by atoms with van der Waals surface area (Å²) in [7, 11) is 2.11. The number of rotatable bonds is 9. The zero-order chi connectivity index (χ0) is 34.6. The molecule has 0 bridgehead atoms. The minimum atomic E-state index is 0. The number of carbonyl (C=O) groups excluding carboxylic acids is 1. The summed E-state index contributed by atoms with van der Waals surface area (Å²) in [6.45, 7) is 15.0. The maximum absolute atomic E-state index is 11.7. The van der Waals surface area contributed by atoms with Gasteiger partial charge in [0.2, 0.25) is 0 Å². The van der Waals surface area contributed by atoms with Crippen LogP contribution in [0.25, 0.3) is 54.7 Å². The second-order valence-corrected chi connectivity index (χ2v) is 14.2. The van der Waals surface area contributed by atoms with Gasteiger partial charge in [0.05, 0.1) is 11.3 Å². The van der Waals surface area contributed by atoms with Crippen LogP contribution in [0.2, 0.25) is 0 Å². The van der Waals surface area contributed by atoms with Gasteiger partial charge < -0.3 is 9.67 Å². The van der Waals surface area contributed by atoms with Crippen molar-refractivity contribution in [2.24, 2.45) is 24.3 Å². The molecule has 0 atom stereocenters. The first-order chi connectivity index (χ1) is 23.0. The zero-order valence-electron chi connectivity index (χ0n) is 30.2. The van der Waals surface area contributed by atoms with Gasteiger partial charge in [-0.3, -0.25) is 9.78 Å². The molecular weight excluding hydrogens is 783 g/mol. The molecule has 4 aromatic carbocycles. The molecule has 1 radical (unpaired) electrons. The Kier molecular flexibility index (Phi) is 12.6. The van der Waals surface area contributed by atoms with E-state index in [1.54, 1.807) is 6.33 Å². The Hall–Kier alpha value is -3.86. The van der Waals surface area contributed by atoms with Gasteiger partial charge in [-0.2, -0.15) is 0 Å². The number of aromatic nitrogens is 3.